The molecule has 0 saturated heterocycles. The Labute approximate surface area is 228 Å². The number of nitrogens with one attached hydrogen (secondary N) is 3. The number of hydrogen-bond acceptors (Lipinski definition) is 7. The molecule has 2 heterocycles. The first-order chi connectivity index (χ1) is 19.4. The Bertz CT molecular complexity index is 1550. The minimum absolute atomic E-state index is 0.0413. The lowest BCUT2D eigenvalue weighted by Crippen LogP contribution is -2.14. The minimum Gasteiger partial charge on any atom is -0.453 e. The summed E-state index contributed by atoms with van der Waals surface area (Å²) in [5.74, 6) is -0.738. The van der Waals surface area contributed by atoms with Crippen LogP contribution in [0.15, 0.2) is 71.5 Å². The second-order valence-corrected chi connectivity index (χ2v) is 8.63. The van der Waals surface area contributed by atoms with E-state index in [4.69, 9.17) is 4.74 Å². The number of nitrogens with zero attached hydrogens (tertiary/aromatic N) is 4. The quantitative estimate of drug-likeness (QED) is 0.0680. The number of H-pyrrole nitrogens is 1. The number of hydrazone groups is 1. The zero-order chi connectivity index (χ0) is 28.5. The molecule has 0 aliphatic carbocycles. The van der Waals surface area contributed by atoms with E-state index in [0.29, 0.717) is 34.7 Å². The fraction of sp³-hybridized carbons (Fsp3) is 0.179. The number of anilines is 3. The van der Waals surface area contributed by atoms with Gasteiger partial charge in [-0.1, -0.05) is 13.3 Å². The second kappa shape index (κ2) is 13.1. The van der Waals surface area contributed by atoms with Crippen molar-refractivity contribution in [3.63, 3.8) is 0 Å². The van der Waals surface area contributed by atoms with E-state index in [0.717, 1.165) is 30.5 Å². The highest BCUT2D eigenvalue weighted by molar-refractivity contribution is 6.05. The van der Waals surface area contributed by atoms with Gasteiger partial charge in [0.2, 0.25) is 6.41 Å². The minimum atomic E-state index is -0.684. The molecule has 206 valence electrons. The van der Waals surface area contributed by atoms with Gasteiger partial charge in [0, 0.05) is 42.3 Å². The van der Waals surface area contributed by atoms with Gasteiger partial charge in [-0.2, -0.15) is 10.2 Å². The average molecular weight is 548 g/mol. The monoisotopic (exact) mass is 547 g/mol. The number of unbranched alkanes of at least 4 members (excludes halogenated alkanes) is 1. The number of hydrogen-bond donors (Lipinski definition) is 3. The Balaban J connectivity index is 1.42. The van der Waals surface area contributed by atoms with E-state index in [1.807, 2.05) is 0 Å². The smallest absolute Gasteiger partial charge is 0.251 e. The molecule has 40 heavy (non-hydrogen) atoms. The topological polar surface area (TPSA) is 125 Å². The summed E-state index contributed by atoms with van der Waals surface area (Å²) < 4.78 is 33.9. The summed E-state index contributed by atoms with van der Waals surface area (Å²) in [5, 5.41) is 18.5. The van der Waals surface area contributed by atoms with Crippen LogP contribution in [0.1, 0.15) is 26.7 Å². The SMILES string of the molecule is CCCCNc1n[nH]c2nccc(Oc3ccc(NC(=O)/C(C)=C/C=N\N(C=O)c4ccc(F)cc4)cc3F)c12. The van der Waals surface area contributed by atoms with E-state index in [1.165, 1.54) is 61.8 Å². The number of fused-ring (bicyclic) bond motifs is 1. The first kappa shape index (κ1) is 27.9. The zero-order valence-electron chi connectivity index (χ0n) is 21.8. The predicted molar refractivity (Wildman–Crippen MR) is 150 cm³/mol. The summed E-state index contributed by atoms with van der Waals surface area (Å²) in [6.45, 7) is 4.34. The van der Waals surface area contributed by atoms with Crippen molar-refractivity contribution in [2.24, 2.45) is 5.10 Å². The van der Waals surface area contributed by atoms with Gasteiger partial charge in [-0.3, -0.25) is 14.7 Å². The molecule has 4 rings (SSSR count). The highest BCUT2D eigenvalue weighted by Gasteiger charge is 2.15. The molecule has 0 saturated carbocycles. The van der Waals surface area contributed by atoms with E-state index in [-0.39, 0.29) is 17.0 Å². The average Bonchev–Trinajstić information content (AvgIpc) is 3.37. The van der Waals surface area contributed by atoms with Crippen molar-refractivity contribution in [3.8, 4) is 11.5 Å². The van der Waals surface area contributed by atoms with Crippen molar-refractivity contribution in [3.05, 3.63) is 78.0 Å². The molecule has 2 amide bonds. The fourth-order valence-corrected chi connectivity index (χ4v) is 3.57. The molecule has 0 spiro atoms. The lowest BCUT2D eigenvalue weighted by atomic mass is 10.2. The number of halogens is 2. The van der Waals surface area contributed by atoms with E-state index in [9.17, 15) is 18.4 Å². The van der Waals surface area contributed by atoms with Gasteiger partial charge in [-0.15, -0.1) is 0 Å². The highest BCUT2D eigenvalue weighted by Crippen LogP contribution is 2.34. The standard InChI is InChI=1S/C28H27F2N7O3/c1-3-4-13-31-26-25-24(12-14-32-27(25)36-35-26)40-23-10-7-20(16-22(23)30)34-28(39)18(2)11-15-33-37(17-38)21-8-5-19(29)6-9-21/h5-12,14-17H,3-4,13H2,1-2H3,(H,34,39)(H2,31,32,35,36)/b18-11+,33-15-. The van der Waals surface area contributed by atoms with Crippen LogP contribution in [0.4, 0.5) is 26.0 Å². The summed E-state index contributed by atoms with van der Waals surface area (Å²) in [4.78, 5) is 28.1. The second-order valence-electron chi connectivity index (χ2n) is 8.63. The van der Waals surface area contributed by atoms with Crippen LogP contribution in [0.25, 0.3) is 11.0 Å². The molecule has 0 bridgehead atoms. The van der Waals surface area contributed by atoms with Crippen molar-refractivity contribution >= 4 is 46.8 Å². The Morgan fingerprint density at radius 2 is 1.95 bits per heavy atom. The first-order valence-electron chi connectivity index (χ1n) is 12.5. The van der Waals surface area contributed by atoms with Crippen LogP contribution in [0.2, 0.25) is 0 Å². The molecule has 10 nitrogen and oxygen atoms in total. The van der Waals surface area contributed by atoms with E-state index in [1.54, 1.807) is 6.07 Å². The summed E-state index contributed by atoms with van der Waals surface area (Å²) in [5.41, 5.74) is 1.31. The van der Waals surface area contributed by atoms with E-state index < -0.39 is 17.5 Å². The molecule has 0 aliphatic heterocycles. The molecule has 2 aromatic heterocycles. The molecule has 12 heteroatoms. The number of amides is 2. The van der Waals surface area contributed by atoms with Crippen molar-refractivity contribution in [1.82, 2.24) is 15.2 Å². The number of carbonyl (C=O) groups excluding carboxylic acids is 2. The van der Waals surface area contributed by atoms with Gasteiger partial charge in [0.1, 0.15) is 17.0 Å². The highest BCUT2D eigenvalue weighted by atomic mass is 19.1. The Hall–Kier alpha value is -5.13. The van der Waals surface area contributed by atoms with Gasteiger partial charge in [-0.05, 0) is 55.8 Å². The number of ether oxygens (including phenoxy) is 1. The maximum atomic E-state index is 15.0. The van der Waals surface area contributed by atoms with Gasteiger partial charge in [-0.25, -0.2) is 18.8 Å². The summed E-state index contributed by atoms with van der Waals surface area (Å²) in [6.07, 6.45) is 6.60. The molecule has 0 fully saturated rings. The van der Waals surface area contributed by atoms with Crippen LogP contribution in [-0.2, 0) is 9.59 Å². The predicted octanol–water partition coefficient (Wildman–Crippen LogP) is 5.77. The third-order valence-corrected chi connectivity index (χ3v) is 5.72. The van der Waals surface area contributed by atoms with Crippen LogP contribution >= 0.6 is 0 Å². The van der Waals surface area contributed by atoms with Gasteiger partial charge in [0.25, 0.3) is 5.91 Å². The third kappa shape index (κ3) is 6.84. The number of aromatic amines is 1. The lowest BCUT2D eigenvalue weighted by molar-refractivity contribution is -0.112. The molecule has 0 radical (unpaired) electrons. The number of carbonyl (C=O) groups is 2. The fourth-order valence-electron chi connectivity index (χ4n) is 3.57. The van der Waals surface area contributed by atoms with Gasteiger partial charge < -0.3 is 15.4 Å². The Morgan fingerprint density at radius 3 is 2.67 bits per heavy atom. The van der Waals surface area contributed by atoms with E-state index >= 15 is 0 Å². The first-order valence-corrected chi connectivity index (χ1v) is 12.5. The van der Waals surface area contributed by atoms with Gasteiger partial charge >= 0.3 is 0 Å². The molecule has 0 unspecified atom stereocenters. The van der Waals surface area contributed by atoms with Crippen LogP contribution in [0, 0.1) is 11.6 Å². The summed E-state index contributed by atoms with van der Waals surface area (Å²) in [7, 11) is 0. The van der Waals surface area contributed by atoms with Crippen LogP contribution in [0.5, 0.6) is 11.5 Å². The number of allylic oxidation sites excluding steroid dienone is 1. The molecule has 0 aliphatic rings. The number of pyridine rings is 1. The number of aromatic nitrogens is 3. The largest absolute Gasteiger partial charge is 0.453 e. The van der Waals surface area contributed by atoms with Crippen LogP contribution in [0.3, 0.4) is 0 Å². The molecule has 0 atom stereocenters. The van der Waals surface area contributed by atoms with Crippen molar-refractivity contribution < 1.29 is 23.1 Å². The third-order valence-electron chi connectivity index (χ3n) is 5.72. The van der Waals surface area contributed by atoms with Crippen LogP contribution < -0.4 is 20.4 Å². The van der Waals surface area contributed by atoms with Crippen LogP contribution in [-0.4, -0.2) is 40.3 Å². The zero-order valence-corrected chi connectivity index (χ0v) is 21.8. The Kier molecular flexibility index (Phi) is 9.13. The van der Waals surface area contributed by atoms with Crippen molar-refractivity contribution in [2.45, 2.75) is 26.7 Å². The summed E-state index contributed by atoms with van der Waals surface area (Å²) >= 11 is 0. The summed E-state index contributed by atoms with van der Waals surface area (Å²) in [6, 6.07) is 10.9. The Morgan fingerprint density at radius 1 is 1.15 bits per heavy atom. The molecule has 4 aromatic rings. The lowest BCUT2D eigenvalue weighted by Gasteiger charge is -2.11. The molecule has 2 aromatic carbocycles. The maximum absolute atomic E-state index is 15.0. The van der Waals surface area contributed by atoms with Gasteiger partial charge in [0.05, 0.1) is 5.69 Å². The van der Waals surface area contributed by atoms with E-state index in [2.05, 4.69) is 37.8 Å². The number of rotatable bonds is 12. The maximum Gasteiger partial charge on any atom is 0.251 e. The number of benzene rings is 2. The van der Waals surface area contributed by atoms with Crippen molar-refractivity contribution in [2.75, 3.05) is 22.2 Å². The molecular weight excluding hydrogens is 520 g/mol. The normalized spacial score (nSPS) is 11.6. The van der Waals surface area contributed by atoms with Crippen molar-refractivity contribution in [1.29, 1.82) is 0 Å². The molecular formula is C28H27F2N7O3. The molecule has 3 N–H and O–H groups in total. The van der Waals surface area contributed by atoms with Gasteiger partial charge in [0.15, 0.2) is 23.0 Å².